The van der Waals surface area contributed by atoms with Crippen molar-refractivity contribution in [1.82, 2.24) is 9.55 Å². The molecule has 2 rings (SSSR count). The molecular formula is C11H9ClN2OS. The Morgan fingerprint density at radius 1 is 1.38 bits per heavy atom. The number of nitrogens with one attached hydrogen (secondary N) is 1. The smallest absolute Gasteiger partial charge is 0.251 e. The predicted molar refractivity (Wildman–Crippen MR) is 67.0 cm³/mol. The first-order chi connectivity index (χ1) is 7.58. The van der Waals surface area contributed by atoms with Crippen LogP contribution in [-0.4, -0.2) is 9.55 Å². The maximum absolute atomic E-state index is 11.0. The van der Waals surface area contributed by atoms with Crippen LogP contribution in [0.5, 0.6) is 0 Å². The van der Waals surface area contributed by atoms with E-state index in [1.165, 1.54) is 6.07 Å². The first-order valence-corrected chi connectivity index (χ1v) is 5.45. The van der Waals surface area contributed by atoms with Crippen LogP contribution in [-0.2, 0) is 0 Å². The summed E-state index contributed by atoms with van der Waals surface area (Å²) in [5.41, 5.74) is 1.62. The van der Waals surface area contributed by atoms with Crippen molar-refractivity contribution in [3.05, 3.63) is 56.2 Å². The van der Waals surface area contributed by atoms with E-state index < -0.39 is 0 Å². The summed E-state index contributed by atoms with van der Waals surface area (Å²) in [6, 6.07) is 7.04. The molecule has 1 heterocycles. The number of aromatic amines is 1. The number of aryl methyl sites for hydroxylation is 1. The lowest BCUT2D eigenvalue weighted by atomic mass is 10.2. The monoisotopic (exact) mass is 252 g/mol. The zero-order valence-electron chi connectivity index (χ0n) is 8.53. The summed E-state index contributed by atoms with van der Waals surface area (Å²) in [5, 5.41) is 0.672. The third-order valence-electron chi connectivity index (χ3n) is 2.26. The molecular weight excluding hydrogens is 244 g/mol. The number of rotatable bonds is 1. The number of benzene rings is 1. The molecule has 1 aromatic carbocycles. The quantitative estimate of drug-likeness (QED) is 0.793. The highest BCUT2D eigenvalue weighted by Crippen LogP contribution is 2.19. The third-order valence-corrected chi connectivity index (χ3v) is 2.96. The summed E-state index contributed by atoms with van der Waals surface area (Å²) >= 11 is 11.1. The average Bonchev–Trinajstić information content (AvgIpc) is 2.22. The second-order valence-electron chi connectivity index (χ2n) is 3.41. The van der Waals surface area contributed by atoms with Gasteiger partial charge in [0.25, 0.3) is 5.56 Å². The summed E-state index contributed by atoms with van der Waals surface area (Å²) in [6.45, 7) is 1.93. The molecule has 0 aliphatic carbocycles. The zero-order valence-corrected chi connectivity index (χ0v) is 10.1. The van der Waals surface area contributed by atoms with E-state index in [9.17, 15) is 4.79 Å². The van der Waals surface area contributed by atoms with Crippen molar-refractivity contribution in [2.75, 3.05) is 0 Å². The molecule has 0 aliphatic rings. The van der Waals surface area contributed by atoms with Crippen LogP contribution in [0.2, 0.25) is 5.02 Å². The van der Waals surface area contributed by atoms with Crippen molar-refractivity contribution in [2.45, 2.75) is 6.92 Å². The van der Waals surface area contributed by atoms with E-state index in [4.69, 9.17) is 23.8 Å². The molecule has 1 N–H and O–H groups in total. The Balaban J connectivity index is 2.63. The van der Waals surface area contributed by atoms with Crippen molar-refractivity contribution in [3.63, 3.8) is 0 Å². The molecule has 0 radical (unpaired) electrons. The van der Waals surface area contributed by atoms with Gasteiger partial charge in [0, 0.05) is 23.0 Å². The molecule has 0 bridgehead atoms. The molecule has 82 valence electrons. The van der Waals surface area contributed by atoms with Gasteiger partial charge in [-0.25, -0.2) is 0 Å². The van der Waals surface area contributed by atoms with E-state index in [-0.39, 0.29) is 5.56 Å². The second kappa shape index (κ2) is 4.23. The SMILES string of the molecule is Cc1ccc(-n2ccc(=O)[nH]c2=S)cc1Cl. The molecule has 5 heteroatoms. The van der Waals surface area contributed by atoms with Crippen LogP contribution in [0, 0.1) is 11.7 Å². The third kappa shape index (κ3) is 2.08. The van der Waals surface area contributed by atoms with Crippen molar-refractivity contribution >= 4 is 23.8 Å². The minimum absolute atomic E-state index is 0.209. The van der Waals surface area contributed by atoms with Gasteiger partial charge in [-0.3, -0.25) is 14.3 Å². The lowest BCUT2D eigenvalue weighted by Crippen LogP contribution is -2.09. The average molecular weight is 253 g/mol. The Hall–Kier alpha value is -1.39. The first kappa shape index (κ1) is 11.1. The summed E-state index contributed by atoms with van der Waals surface area (Å²) in [5.74, 6) is 0. The number of hydrogen-bond acceptors (Lipinski definition) is 2. The van der Waals surface area contributed by atoms with E-state index >= 15 is 0 Å². The van der Waals surface area contributed by atoms with Crippen molar-refractivity contribution in [1.29, 1.82) is 0 Å². The minimum atomic E-state index is -0.209. The van der Waals surface area contributed by atoms with E-state index in [2.05, 4.69) is 4.98 Å². The Bertz CT molecular complexity index is 645. The molecule has 0 amide bonds. The van der Waals surface area contributed by atoms with Gasteiger partial charge in [0.1, 0.15) is 0 Å². The fraction of sp³-hybridized carbons (Fsp3) is 0.0909. The van der Waals surface area contributed by atoms with Crippen LogP contribution in [0.15, 0.2) is 35.3 Å². The molecule has 0 unspecified atom stereocenters. The highest BCUT2D eigenvalue weighted by molar-refractivity contribution is 7.71. The molecule has 2 aromatic rings. The molecule has 0 atom stereocenters. The number of aromatic nitrogens is 2. The van der Waals surface area contributed by atoms with E-state index in [1.807, 2.05) is 25.1 Å². The van der Waals surface area contributed by atoms with Crippen LogP contribution in [0.25, 0.3) is 5.69 Å². The topological polar surface area (TPSA) is 37.8 Å². The fourth-order valence-corrected chi connectivity index (χ4v) is 1.79. The summed E-state index contributed by atoms with van der Waals surface area (Å²) in [6.07, 6.45) is 1.63. The minimum Gasteiger partial charge on any atom is -0.299 e. The van der Waals surface area contributed by atoms with Crippen LogP contribution in [0.3, 0.4) is 0 Å². The summed E-state index contributed by atoms with van der Waals surface area (Å²) < 4.78 is 2.05. The van der Waals surface area contributed by atoms with Gasteiger partial charge in [0.05, 0.1) is 0 Å². The van der Waals surface area contributed by atoms with Gasteiger partial charge in [-0.15, -0.1) is 0 Å². The lowest BCUT2D eigenvalue weighted by Gasteiger charge is -2.07. The summed E-state index contributed by atoms with van der Waals surface area (Å²) in [4.78, 5) is 13.6. The highest BCUT2D eigenvalue weighted by atomic mass is 35.5. The van der Waals surface area contributed by atoms with Crippen molar-refractivity contribution in [3.8, 4) is 5.69 Å². The largest absolute Gasteiger partial charge is 0.299 e. The molecule has 1 aromatic heterocycles. The standard InChI is InChI=1S/C11H9ClN2OS/c1-7-2-3-8(6-9(7)12)14-5-4-10(15)13-11(14)16/h2-6H,1H3,(H,13,15,16). The van der Waals surface area contributed by atoms with Crippen molar-refractivity contribution < 1.29 is 0 Å². The van der Waals surface area contributed by atoms with Gasteiger partial charge >= 0.3 is 0 Å². The van der Waals surface area contributed by atoms with Crippen LogP contribution < -0.4 is 5.56 Å². The Morgan fingerprint density at radius 2 is 2.12 bits per heavy atom. The molecule has 0 saturated carbocycles. The van der Waals surface area contributed by atoms with Crippen LogP contribution >= 0.6 is 23.8 Å². The normalized spacial score (nSPS) is 10.4. The van der Waals surface area contributed by atoms with Crippen LogP contribution in [0.4, 0.5) is 0 Å². The van der Waals surface area contributed by atoms with Crippen LogP contribution in [0.1, 0.15) is 5.56 Å². The number of hydrogen-bond donors (Lipinski definition) is 1. The fourth-order valence-electron chi connectivity index (χ4n) is 1.35. The highest BCUT2D eigenvalue weighted by Gasteiger charge is 2.00. The number of halogens is 1. The first-order valence-electron chi connectivity index (χ1n) is 4.66. The maximum atomic E-state index is 11.0. The maximum Gasteiger partial charge on any atom is 0.251 e. The van der Waals surface area contributed by atoms with Gasteiger partial charge in [0.2, 0.25) is 0 Å². The van der Waals surface area contributed by atoms with Gasteiger partial charge in [-0.05, 0) is 36.8 Å². The van der Waals surface area contributed by atoms with Crippen molar-refractivity contribution in [2.24, 2.45) is 0 Å². The lowest BCUT2D eigenvalue weighted by molar-refractivity contribution is 0.937. The predicted octanol–water partition coefficient (Wildman–Crippen LogP) is 2.86. The Kier molecular flexibility index (Phi) is 2.94. The number of H-pyrrole nitrogens is 1. The molecule has 16 heavy (non-hydrogen) atoms. The van der Waals surface area contributed by atoms with E-state index in [0.29, 0.717) is 9.79 Å². The van der Waals surface area contributed by atoms with Gasteiger partial charge in [-0.1, -0.05) is 17.7 Å². The molecule has 0 spiro atoms. The number of nitrogens with zero attached hydrogens (tertiary/aromatic N) is 1. The zero-order chi connectivity index (χ0) is 11.7. The second-order valence-corrected chi connectivity index (χ2v) is 4.21. The molecule has 0 aliphatic heterocycles. The molecule has 3 nitrogen and oxygen atoms in total. The van der Waals surface area contributed by atoms with Gasteiger partial charge in [0.15, 0.2) is 4.77 Å². The van der Waals surface area contributed by atoms with E-state index in [1.54, 1.807) is 10.8 Å². The Labute approximate surface area is 102 Å². The Morgan fingerprint density at radius 3 is 2.75 bits per heavy atom. The molecule has 0 fully saturated rings. The molecule has 0 saturated heterocycles. The van der Waals surface area contributed by atoms with Gasteiger partial charge in [-0.2, -0.15) is 0 Å². The van der Waals surface area contributed by atoms with E-state index in [0.717, 1.165) is 11.3 Å². The summed E-state index contributed by atoms with van der Waals surface area (Å²) in [7, 11) is 0. The van der Waals surface area contributed by atoms with Gasteiger partial charge < -0.3 is 0 Å².